The van der Waals surface area contributed by atoms with Crippen LogP contribution in [0.5, 0.6) is 0 Å². The van der Waals surface area contributed by atoms with Crippen molar-refractivity contribution in [2.75, 3.05) is 58.2 Å². The fourth-order valence-electron chi connectivity index (χ4n) is 5.91. The quantitative estimate of drug-likeness (QED) is 0.557. The second-order valence-electron chi connectivity index (χ2n) is 10.4. The monoisotopic (exact) mass is 515 g/mol. The van der Waals surface area contributed by atoms with Crippen LogP contribution in [0.15, 0.2) is 48.7 Å². The van der Waals surface area contributed by atoms with Gasteiger partial charge >= 0.3 is 6.09 Å². The van der Waals surface area contributed by atoms with Crippen LogP contribution in [0, 0.1) is 11.8 Å². The number of amides is 2. The smallest absolute Gasteiger partial charge is 0.410 e. The molecule has 38 heavy (non-hydrogen) atoms. The van der Waals surface area contributed by atoms with E-state index in [1.165, 1.54) is 0 Å². The first-order chi connectivity index (χ1) is 18.5. The summed E-state index contributed by atoms with van der Waals surface area (Å²) >= 11 is 0. The lowest BCUT2D eigenvalue weighted by Gasteiger charge is -2.25. The summed E-state index contributed by atoms with van der Waals surface area (Å²) in [6.45, 7) is 7.14. The van der Waals surface area contributed by atoms with Crippen molar-refractivity contribution in [3.63, 3.8) is 0 Å². The summed E-state index contributed by atoms with van der Waals surface area (Å²) in [5.41, 5.74) is 4.41. The molecule has 10 nitrogen and oxygen atoms in total. The predicted octanol–water partition coefficient (Wildman–Crippen LogP) is 3.35. The first-order valence-corrected chi connectivity index (χ1v) is 13.3. The lowest BCUT2D eigenvalue weighted by molar-refractivity contribution is 0.0776. The predicted molar refractivity (Wildman–Crippen MR) is 144 cm³/mol. The van der Waals surface area contributed by atoms with Crippen molar-refractivity contribution >= 4 is 34.9 Å². The molecular formula is C28H33N7O3. The maximum absolute atomic E-state index is 13.1. The number of rotatable bonds is 5. The Kier molecular flexibility index (Phi) is 6.49. The van der Waals surface area contributed by atoms with E-state index in [1.807, 2.05) is 54.4 Å². The van der Waals surface area contributed by atoms with E-state index in [-0.39, 0.29) is 12.0 Å². The van der Waals surface area contributed by atoms with Gasteiger partial charge in [0.1, 0.15) is 0 Å². The number of fused-ring (bicyclic) bond motifs is 2. The third-order valence-corrected chi connectivity index (χ3v) is 7.79. The maximum atomic E-state index is 13.1. The average Bonchev–Trinajstić information content (AvgIpc) is 3.61. The fourth-order valence-corrected chi connectivity index (χ4v) is 5.91. The number of nitrogens with one attached hydrogen (secondary N) is 1. The Bertz CT molecular complexity index is 1370. The lowest BCUT2D eigenvalue weighted by Crippen LogP contribution is -2.35. The molecule has 3 aliphatic rings. The molecule has 2 atom stereocenters. The van der Waals surface area contributed by atoms with Gasteiger partial charge in [-0.05, 0) is 74.2 Å². The number of hydrogen-bond donors (Lipinski definition) is 1. The van der Waals surface area contributed by atoms with Crippen molar-refractivity contribution in [1.82, 2.24) is 29.3 Å². The lowest BCUT2D eigenvalue weighted by atomic mass is 10.0. The minimum absolute atomic E-state index is 0.103. The summed E-state index contributed by atoms with van der Waals surface area (Å²) in [5.74, 6) is 1.78. The fraction of sp³-hybridized carbons (Fsp3) is 0.429. The molecule has 2 fully saturated rings. The van der Waals surface area contributed by atoms with Gasteiger partial charge in [-0.25, -0.2) is 9.31 Å². The summed E-state index contributed by atoms with van der Waals surface area (Å²) in [6, 6.07) is 11.5. The highest BCUT2D eigenvalue weighted by Crippen LogP contribution is 2.31. The second kappa shape index (κ2) is 10.1. The Labute approximate surface area is 221 Å². The highest BCUT2D eigenvalue weighted by atomic mass is 16.6. The molecule has 198 valence electrons. The van der Waals surface area contributed by atoms with E-state index in [1.54, 1.807) is 9.42 Å². The Balaban J connectivity index is 1.13. The molecule has 0 radical (unpaired) electrons. The number of aromatic nitrogens is 3. The number of likely N-dealkylation sites (tertiary alicyclic amines) is 2. The number of ether oxygens (including phenoxy) is 1. The number of anilines is 2. The summed E-state index contributed by atoms with van der Waals surface area (Å²) in [5, 5.41) is 7.86. The molecule has 0 aliphatic carbocycles. The number of hydrogen-bond acceptors (Lipinski definition) is 7. The molecule has 2 unspecified atom stereocenters. The number of pyridine rings is 1. The highest BCUT2D eigenvalue weighted by molar-refractivity contribution is 5.95. The molecule has 3 aliphatic heterocycles. The van der Waals surface area contributed by atoms with Crippen molar-refractivity contribution in [3.05, 3.63) is 59.8 Å². The molecule has 1 aromatic carbocycles. The maximum Gasteiger partial charge on any atom is 0.410 e. The number of nitrogens with zero attached hydrogens (tertiary/aromatic N) is 6. The first kappa shape index (κ1) is 24.4. The van der Waals surface area contributed by atoms with Gasteiger partial charge < -0.3 is 24.8 Å². The molecule has 1 N–H and O–H groups in total. The zero-order chi connectivity index (χ0) is 26.2. The summed E-state index contributed by atoms with van der Waals surface area (Å²) < 4.78 is 6.88. The van der Waals surface area contributed by atoms with Crippen LogP contribution >= 0.6 is 0 Å². The Hall–Kier alpha value is -3.92. The minimum atomic E-state index is -0.279. The van der Waals surface area contributed by atoms with Crippen LogP contribution in [0.25, 0.3) is 11.2 Å². The van der Waals surface area contributed by atoms with Gasteiger partial charge in [-0.15, -0.1) is 5.10 Å². The third-order valence-electron chi connectivity index (χ3n) is 7.79. The minimum Gasteiger partial charge on any atom is -0.450 e. The van der Waals surface area contributed by atoms with Gasteiger partial charge in [0.2, 0.25) is 5.95 Å². The van der Waals surface area contributed by atoms with E-state index in [0.717, 1.165) is 55.1 Å². The zero-order valence-corrected chi connectivity index (χ0v) is 21.8. The van der Waals surface area contributed by atoms with Crippen LogP contribution in [0.4, 0.5) is 16.4 Å². The van der Waals surface area contributed by atoms with Gasteiger partial charge in [-0.1, -0.05) is 6.08 Å². The number of benzene rings is 1. The zero-order valence-electron chi connectivity index (χ0n) is 21.8. The second-order valence-corrected chi connectivity index (χ2v) is 10.4. The molecule has 2 saturated heterocycles. The first-order valence-electron chi connectivity index (χ1n) is 13.3. The average molecular weight is 516 g/mol. The molecule has 2 amide bonds. The molecule has 0 spiro atoms. The van der Waals surface area contributed by atoms with Crippen molar-refractivity contribution < 1.29 is 14.3 Å². The molecule has 3 aromatic rings. The molecule has 10 heteroatoms. The molecule has 5 heterocycles. The van der Waals surface area contributed by atoms with Crippen LogP contribution in [0.3, 0.4) is 0 Å². The van der Waals surface area contributed by atoms with Crippen LogP contribution in [0.2, 0.25) is 0 Å². The van der Waals surface area contributed by atoms with Gasteiger partial charge in [0, 0.05) is 62.3 Å². The summed E-state index contributed by atoms with van der Waals surface area (Å²) in [6.07, 6.45) is 4.37. The molecular weight excluding hydrogens is 482 g/mol. The van der Waals surface area contributed by atoms with E-state index < -0.39 is 0 Å². The van der Waals surface area contributed by atoms with E-state index in [9.17, 15) is 9.59 Å². The van der Waals surface area contributed by atoms with Crippen molar-refractivity contribution in [1.29, 1.82) is 0 Å². The van der Waals surface area contributed by atoms with Gasteiger partial charge in [-0.3, -0.25) is 4.79 Å². The van der Waals surface area contributed by atoms with E-state index >= 15 is 0 Å². The number of carbonyl (C=O) groups is 2. The number of carbonyl (C=O) groups excluding carboxylic acids is 2. The Morgan fingerprint density at radius 1 is 1.05 bits per heavy atom. The molecule has 0 saturated carbocycles. The van der Waals surface area contributed by atoms with E-state index in [0.29, 0.717) is 43.0 Å². The molecule has 2 aromatic heterocycles. The Morgan fingerprint density at radius 2 is 1.82 bits per heavy atom. The topological polar surface area (TPSA) is 95.3 Å². The normalized spacial score (nSPS) is 21.5. The van der Waals surface area contributed by atoms with Gasteiger partial charge in [0.15, 0.2) is 5.65 Å². The largest absolute Gasteiger partial charge is 0.450 e. The van der Waals surface area contributed by atoms with E-state index in [2.05, 4.69) is 28.4 Å². The third kappa shape index (κ3) is 4.71. The Morgan fingerprint density at radius 3 is 2.50 bits per heavy atom. The van der Waals surface area contributed by atoms with Gasteiger partial charge in [0.05, 0.1) is 6.61 Å². The van der Waals surface area contributed by atoms with Crippen molar-refractivity contribution in [2.45, 2.75) is 13.3 Å². The summed E-state index contributed by atoms with van der Waals surface area (Å²) in [4.78, 5) is 35.9. The van der Waals surface area contributed by atoms with Gasteiger partial charge in [-0.2, -0.15) is 4.98 Å². The molecule has 6 rings (SSSR count). The van der Waals surface area contributed by atoms with Crippen LogP contribution in [0.1, 0.15) is 29.3 Å². The van der Waals surface area contributed by atoms with Crippen LogP contribution < -0.4 is 5.32 Å². The highest BCUT2D eigenvalue weighted by Gasteiger charge is 2.40. The van der Waals surface area contributed by atoms with Crippen molar-refractivity contribution in [2.24, 2.45) is 11.8 Å². The molecule has 0 bridgehead atoms. The van der Waals surface area contributed by atoms with Crippen LogP contribution in [-0.2, 0) is 4.74 Å². The standard InChI is InChI=1S/C28H33N7O3/c1-3-38-28(37)33-13-10-19(11-14-33)24-5-4-12-35-25(24)30-27(31-35)29-23-8-6-20(7-9-23)26(36)34-17-21-15-32(2)16-22(21)18-34/h4-10,12,21-22H,3,11,13-18H2,1-2H3,(H,29,31). The SMILES string of the molecule is CCOC(=O)N1CC=C(c2cccn3nc(Nc4ccc(C(=O)N5CC6CN(C)CC6C5)cc4)nc23)CC1. The van der Waals surface area contributed by atoms with E-state index in [4.69, 9.17) is 9.72 Å². The van der Waals surface area contributed by atoms with Crippen LogP contribution in [-0.4, -0.2) is 94.2 Å². The summed E-state index contributed by atoms with van der Waals surface area (Å²) in [7, 11) is 2.16. The van der Waals surface area contributed by atoms with Crippen molar-refractivity contribution in [3.8, 4) is 0 Å². The van der Waals surface area contributed by atoms with Gasteiger partial charge in [0.25, 0.3) is 5.91 Å².